The zero-order valence-corrected chi connectivity index (χ0v) is 13.6. The average molecular weight is 292 g/mol. The van der Waals surface area contributed by atoms with Crippen LogP contribution in [0.2, 0.25) is 0 Å². The number of hydrogen-bond donors (Lipinski definition) is 0. The number of likely N-dealkylation sites (tertiary alicyclic amines) is 2. The third-order valence-corrected chi connectivity index (χ3v) is 5.87. The van der Waals surface area contributed by atoms with Crippen LogP contribution in [0.1, 0.15) is 64.2 Å². The maximum absolute atomic E-state index is 12.2. The predicted molar refractivity (Wildman–Crippen MR) is 86.5 cm³/mol. The summed E-state index contributed by atoms with van der Waals surface area (Å²) >= 11 is 0. The molecule has 2 heterocycles. The molecule has 1 aliphatic carbocycles. The van der Waals surface area contributed by atoms with Gasteiger partial charge in [0.25, 0.3) is 0 Å². The molecule has 120 valence electrons. The highest BCUT2D eigenvalue weighted by Gasteiger charge is 2.28. The molecule has 0 spiro atoms. The van der Waals surface area contributed by atoms with Crippen molar-refractivity contribution in [1.82, 2.24) is 9.80 Å². The Morgan fingerprint density at radius 2 is 1.52 bits per heavy atom. The summed E-state index contributed by atoms with van der Waals surface area (Å²) in [4.78, 5) is 17.5. The standard InChI is InChI=1S/C18H32N2O/c21-18-8-4-1-3-7-16(18)15-19-13-9-17(10-14-19)20-11-5-2-6-12-20/h16-17H,1-15H2. The van der Waals surface area contributed by atoms with Crippen LogP contribution in [0.5, 0.6) is 0 Å². The minimum absolute atomic E-state index is 0.346. The lowest BCUT2D eigenvalue weighted by Crippen LogP contribution is -2.48. The topological polar surface area (TPSA) is 23.6 Å². The van der Waals surface area contributed by atoms with Crippen LogP contribution in [0, 0.1) is 5.92 Å². The van der Waals surface area contributed by atoms with E-state index in [-0.39, 0.29) is 0 Å². The molecule has 0 radical (unpaired) electrons. The lowest BCUT2D eigenvalue weighted by molar-refractivity contribution is -0.123. The van der Waals surface area contributed by atoms with Gasteiger partial charge in [-0.15, -0.1) is 0 Å². The van der Waals surface area contributed by atoms with Crippen LogP contribution in [0.25, 0.3) is 0 Å². The fourth-order valence-corrected chi connectivity index (χ4v) is 4.49. The van der Waals surface area contributed by atoms with Crippen molar-refractivity contribution in [3.05, 3.63) is 0 Å². The molecule has 0 aromatic carbocycles. The lowest BCUT2D eigenvalue weighted by atomic mass is 9.95. The molecule has 0 aromatic rings. The second-order valence-electron chi connectivity index (χ2n) is 7.39. The number of rotatable bonds is 3. The minimum Gasteiger partial charge on any atom is -0.303 e. The number of carbonyl (C=O) groups excluding carboxylic acids is 1. The van der Waals surface area contributed by atoms with Crippen molar-refractivity contribution in [1.29, 1.82) is 0 Å². The van der Waals surface area contributed by atoms with E-state index < -0.39 is 0 Å². The van der Waals surface area contributed by atoms with Gasteiger partial charge in [0.1, 0.15) is 5.78 Å². The number of carbonyl (C=O) groups is 1. The first-order valence-corrected chi connectivity index (χ1v) is 9.32. The molecule has 21 heavy (non-hydrogen) atoms. The molecule has 0 amide bonds. The van der Waals surface area contributed by atoms with Gasteiger partial charge in [-0.25, -0.2) is 0 Å². The zero-order chi connectivity index (χ0) is 14.5. The van der Waals surface area contributed by atoms with Crippen molar-refractivity contribution < 1.29 is 4.79 Å². The molecule has 3 heteroatoms. The van der Waals surface area contributed by atoms with Gasteiger partial charge in [0.15, 0.2) is 0 Å². The van der Waals surface area contributed by atoms with Gasteiger partial charge in [-0.3, -0.25) is 4.79 Å². The van der Waals surface area contributed by atoms with E-state index >= 15 is 0 Å². The second kappa shape index (κ2) is 7.73. The van der Waals surface area contributed by atoms with Gasteiger partial charge in [0.05, 0.1) is 0 Å². The number of piperidine rings is 2. The van der Waals surface area contributed by atoms with Crippen molar-refractivity contribution in [2.75, 3.05) is 32.7 Å². The highest BCUT2D eigenvalue weighted by atomic mass is 16.1. The number of nitrogens with zero attached hydrogens (tertiary/aromatic N) is 2. The highest BCUT2D eigenvalue weighted by Crippen LogP contribution is 2.24. The average Bonchev–Trinajstić information content (AvgIpc) is 2.74. The molecule has 1 unspecified atom stereocenters. The van der Waals surface area contributed by atoms with E-state index in [4.69, 9.17) is 0 Å². The SMILES string of the molecule is O=C1CCCCCC1CN1CCC(N2CCCCC2)CC1. The third kappa shape index (κ3) is 4.29. The largest absolute Gasteiger partial charge is 0.303 e. The van der Waals surface area contributed by atoms with Gasteiger partial charge < -0.3 is 9.80 Å². The van der Waals surface area contributed by atoms with Crippen molar-refractivity contribution in [3.63, 3.8) is 0 Å². The molecule has 0 aromatic heterocycles. The van der Waals surface area contributed by atoms with Crippen molar-refractivity contribution in [3.8, 4) is 0 Å². The van der Waals surface area contributed by atoms with E-state index in [0.29, 0.717) is 11.7 Å². The summed E-state index contributed by atoms with van der Waals surface area (Å²) in [6.45, 7) is 6.12. The summed E-state index contributed by atoms with van der Waals surface area (Å²) < 4.78 is 0. The quantitative estimate of drug-likeness (QED) is 0.747. The van der Waals surface area contributed by atoms with E-state index in [9.17, 15) is 4.79 Å². The summed E-state index contributed by atoms with van der Waals surface area (Å²) in [5.74, 6) is 0.893. The molecule has 3 rings (SSSR count). The number of hydrogen-bond acceptors (Lipinski definition) is 3. The highest BCUT2D eigenvalue weighted by molar-refractivity contribution is 5.81. The van der Waals surface area contributed by atoms with Crippen LogP contribution in [-0.2, 0) is 4.79 Å². The molecule has 0 N–H and O–H groups in total. The van der Waals surface area contributed by atoms with Crippen molar-refractivity contribution in [2.24, 2.45) is 5.92 Å². The fraction of sp³-hybridized carbons (Fsp3) is 0.944. The Balaban J connectivity index is 1.43. The third-order valence-electron chi connectivity index (χ3n) is 5.87. The predicted octanol–water partition coefficient (Wildman–Crippen LogP) is 3.09. The van der Waals surface area contributed by atoms with Gasteiger partial charge in [-0.05, 0) is 64.7 Å². The summed E-state index contributed by atoms with van der Waals surface area (Å²) in [5, 5.41) is 0. The van der Waals surface area contributed by atoms with Gasteiger partial charge in [0, 0.05) is 24.9 Å². The number of Topliss-reactive ketones (excluding diaryl/α,β-unsaturated/α-hetero) is 1. The van der Waals surface area contributed by atoms with E-state index in [2.05, 4.69) is 9.80 Å². The number of ketones is 1. The van der Waals surface area contributed by atoms with Crippen LogP contribution in [-0.4, -0.2) is 54.3 Å². The molecular formula is C18H32N2O. The molecule has 1 saturated carbocycles. The van der Waals surface area contributed by atoms with Crippen LogP contribution in [0.3, 0.4) is 0 Å². The van der Waals surface area contributed by atoms with Crippen molar-refractivity contribution in [2.45, 2.75) is 70.3 Å². The molecule has 1 atom stereocenters. The monoisotopic (exact) mass is 292 g/mol. The Labute approximate surface area is 130 Å². The van der Waals surface area contributed by atoms with Crippen LogP contribution in [0.15, 0.2) is 0 Å². The van der Waals surface area contributed by atoms with Crippen molar-refractivity contribution >= 4 is 5.78 Å². The van der Waals surface area contributed by atoms with E-state index in [1.165, 1.54) is 71.1 Å². The van der Waals surface area contributed by atoms with Gasteiger partial charge in [0.2, 0.25) is 0 Å². The normalized spacial score (nSPS) is 31.2. The Hall–Kier alpha value is -0.410. The molecule has 0 bridgehead atoms. The lowest BCUT2D eigenvalue weighted by Gasteiger charge is -2.40. The Bertz CT molecular complexity index is 330. The second-order valence-corrected chi connectivity index (χ2v) is 7.39. The van der Waals surface area contributed by atoms with Crippen LogP contribution < -0.4 is 0 Å². The smallest absolute Gasteiger partial charge is 0.137 e. The van der Waals surface area contributed by atoms with Crippen LogP contribution in [0.4, 0.5) is 0 Å². The molecule has 2 aliphatic heterocycles. The maximum Gasteiger partial charge on any atom is 0.137 e. The summed E-state index contributed by atoms with van der Waals surface area (Å²) in [7, 11) is 0. The molecule has 3 aliphatic rings. The van der Waals surface area contributed by atoms with E-state index in [0.717, 1.165) is 31.8 Å². The summed E-state index contributed by atoms with van der Waals surface area (Å²) in [5.41, 5.74) is 0. The summed E-state index contributed by atoms with van der Waals surface area (Å²) in [6.07, 6.45) is 12.5. The molecule has 3 nitrogen and oxygen atoms in total. The van der Waals surface area contributed by atoms with E-state index in [1.807, 2.05) is 0 Å². The first-order valence-electron chi connectivity index (χ1n) is 9.32. The first kappa shape index (κ1) is 15.5. The zero-order valence-electron chi connectivity index (χ0n) is 13.6. The maximum atomic E-state index is 12.2. The van der Waals surface area contributed by atoms with Crippen LogP contribution >= 0.6 is 0 Å². The fourth-order valence-electron chi connectivity index (χ4n) is 4.49. The molecular weight excluding hydrogens is 260 g/mol. The molecule has 2 saturated heterocycles. The van der Waals surface area contributed by atoms with Gasteiger partial charge >= 0.3 is 0 Å². The summed E-state index contributed by atoms with van der Waals surface area (Å²) in [6, 6.07) is 0.825. The Kier molecular flexibility index (Phi) is 5.70. The Morgan fingerprint density at radius 1 is 0.810 bits per heavy atom. The van der Waals surface area contributed by atoms with Gasteiger partial charge in [-0.2, -0.15) is 0 Å². The van der Waals surface area contributed by atoms with E-state index in [1.54, 1.807) is 0 Å². The van der Waals surface area contributed by atoms with Gasteiger partial charge in [-0.1, -0.05) is 19.3 Å². The first-order chi connectivity index (χ1) is 10.3. The molecule has 3 fully saturated rings. The Morgan fingerprint density at radius 3 is 2.29 bits per heavy atom. The minimum atomic E-state index is 0.346.